The first-order valence-corrected chi connectivity index (χ1v) is 15.9. The molecule has 2 nitrogen and oxygen atoms in total. The Morgan fingerprint density at radius 3 is 0.824 bits per heavy atom. The molecule has 0 rings (SSSR count). The lowest BCUT2D eigenvalue weighted by Crippen LogP contribution is -2.37. The number of primary amides is 1. The molecule has 0 aromatic heterocycles. The minimum absolute atomic E-state index is 0.00124. The van der Waals surface area contributed by atoms with Crippen LogP contribution in [0.2, 0.25) is 0 Å². The van der Waals surface area contributed by atoms with Crippen LogP contribution >= 0.6 is 0 Å². The molecular weight excluding hydrogens is 414 g/mol. The summed E-state index contributed by atoms with van der Waals surface area (Å²) in [5.41, 5.74) is 5.89. The summed E-state index contributed by atoms with van der Waals surface area (Å²) in [6, 6.07) is 0. The van der Waals surface area contributed by atoms with E-state index in [0.717, 1.165) is 19.3 Å². The minimum Gasteiger partial charge on any atom is -0.369 e. The van der Waals surface area contributed by atoms with E-state index in [1.165, 1.54) is 154 Å². The highest BCUT2D eigenvalue weighted by atomic mass is 16.1. The lowest BCUT2D eigenvalue weighted by molar-refractivity contribution is -0.129. The molecule has 0 aliphatic carbocycles. The van der Waals surface area contributed by atoms with Crippen LogP contribution in [0.15, 0.2) is 0 Å². The first kappa shape index (κ1) is 33.5. The highest BCUT2D eigenvalue weighted by Crippen LogP contribution is 2.37. The summed E-state index contributed by atoms with van der Waals surface area (Å²) in [7, 11) is 0. The first-order chi connectivity index (χ1) is 16.6. The van der Waals surface area contributed by atoms with E-state index in [-0.39, 0.29) is 11.3 Å². The van der Waals surface area contributed by atoms with Gasteiger partial charge in [0, 0.05) is 5.41 Å². The van der Waals surface area contributed by atoms with E-state index in [4.69, 9.17) is 5.73 Å². The van der Waals surface area contributed by atoms with Gasteiger partial charge in [-0.05, 0) is 19.3 Å². The van der Waals surface area contributed by atoms with E-state index in [2.05, 4.69) is 20.8 Å². The molecule has 0 radical (unpaired) electrons. The van der Waals surface area contributed by atoms with Gasteiger partial charge in [0.1, 0.15) is 0 Å². The van der Waals surface area contributed by atoms with Gasteiger partial charge in [-0.2, -0.15) is 0 Å². The molecule has 34 heavy (non-hydrogen) atoms. The summed E-state index contributed by atoms with van der Waals surface area (Å²) < 4.78 is 0. The average molecular weight is 480 g/mol. The summed E-state index contributed by atoms with van der Waals surface area (Å²) in [4.78, 5) is 12.8. The maximum atomic E-state index is 12.8. The van der Waals surface area contributed by atoms with Crippen LogP contribution < -0.4 is 5.73 Å². The van der Waals surface area contributed by atoms with Crippen molar-refractivity contribution >= 4 is 5.91 Å². The van der Waals surface area contributed by atoms with E-state index >= 15 is 0 Å². The molecule has 0 heterocycles. The van der Waals surface area contributed by atoms with Gasteiger partial charge in [-0.15, -0.1) is 0 Å². The maximum Gasteiger partial charge on any atom is 0.223 e. The van der Waals surface area contributed by atoms with Gasteiger partial charge < -0.3 is 5.73 Å². The molecule has 0 spiro atoms. The monoisotopic (exact) mass is 480 g/mol. The Balaban J connectivity index is 4.43. The molecule has 0 fully saturated rings. The molecule has 0 saturated heterocycles. The lowest BCUT2D eigenvalue weighted by atomic mass is 9.73. The molecule has 0 aliphatic rings. The largest absolute Gasteiger partial charge is 0.369 e. The number of hydrogen-bond donors (Lipinski definition) is 1. The maximum absolute atomic E-state index is 12.8. The molecule has 0 saturated carbocycles. The molecule has 1 amide bonds. The first-order valence-electron chi connectivity index (χ1n) is 15.9. The highest BCUT2D eigenvalue weighted by molar-refractivity contribution is 5.80. The molecule has 0 aliphatic heterocycles. The molecule has 0 unspecified atom stereocenters. The third-order valence-corrected chi connectivity index (χ3v) is 8.05. The quantitative estimate of drug-likeness (QED) is 0.111. The van der Waals surface area contributed by atoms with E-state index in [0.29, 0.717) is 0 Å². The lowest BCUT2D eigenvalue weighted by Gasteiger charge is -2.31. The summed E-state index contributed by atoms with van der Waals surface area (Å²) in [5.74, 6) is 0.00124. The van der Waals surface area contributed by atoms with Crippen LogP contribution in [-0.2, 0) is 4.79 Å². The van der Waals surface area contributed by atoms with E-state index < -0.39 is 0 Å². The van der Waals surface area contributed by atoms with Crippen molar-refractivity contribution in [3.63, 3.8) is 0 Å². The zero-order valence-corrected chi connectivity index (χ0v) is 24.1. The smallest absolute Gasteiger partial charge is 0.223 e. The standard InChI is InChI=1S/C32H65NO/c1-4-7-10-13-16-19-22-25-28-32(31(33)34,29-26-23-20-17-14-11-8-5-2)30-27-24-21-18-15-12-9-6-3/h4-30H2,1-3H3,(H2,33,34). The predicted molar refractivity (Wildman–Crippen MR) is 153 cm³/mol. The van der Waals surface area contributed by atoms with E-state index in [1.807, 2.05) is 0 Å². The minimum atomic E-state index is -0.230. The van der Waals surface area contributed by atoms with Crippen molar-refractivity contribution in [3.8, 4) is 0 Å². The Bertz CT molecular complexity index is 369. The van der Waals surface area contributed by atoms with Gasteiger partial charge in [0.05, 0.1) is 0 Å². The van der Waals surface area contributed by atoms with Crippen LogP contribution in [0.1, 0.15) is 194 Å². The number of nitrogens with two attached hydrogens (primary N) is 1. The van der Waals surface area contributed by atoms with Crippen LogP contribution in [0.5, 0.6) is 0 Å². The van der Waals surface area contributed by atoms with Crippen LogP contribution in [0.3, 0.4) is 0 Å². The van der Waals surface area contributed by atoms with Gasteiger partial charge in [-0.25, -0.2) is 0 Å². The van der Waals surface area contributed by atoms with E-state index in [1.54, 1.807) is 0 Å². The molecule has 0 aromatic rings. The SMILES string of the molecule is CCCCCCCCCCC(CCCCCCCCCC)(CCCCCCCCCC)C(N)=O. The number of carbonyl (C=O) groups excluding carboxylic acids is 1. The summed E-state index contributed by atoms with van der Waals surface area (Å²) >= 11 is 0. The molecular formula is C32H65NO. The normalized spacial score (nSPS) is 11.9. The molecule has 0 aromatic carbocycles. The van der Waals surface area contributed by atoms with Crippen molar-refractivity contribution in [2.75, 3.05) is 0 Å². The Morgan fingerprint density at radius 1 is 0.412 bits per heavy atom. The predicted octanol–water partition coefficient (Wildman–Crippen LogP) is 11.1. The fourth-order valence-electron chi connectivity index (χ4n) is 5.54. The third-order valence-electron chi connectivity index (χ3n) is 8.05. The van der Waals surface area contributed by atoms with Crippen molar-refractivity contribution < 1.29 is 4.79 Å². The van der Waals surface area contributed by atoms with Crippen LogP contribution in [0.4, 0.5) is 0 Å². The Hall–Kier alpha value is -0.530. The van der Waals surface area contributed by atoms with Gasteiger partial charge in [0.25, 0.3) is 0 Å². The Labute approximate surface area is 216 Å². The number of carbonyl (C=O) groups is 1. The summed E-state index contributed by atoms with van der Waals surface area (Å²) in [6.07, 6.45) is 34.9. The van der Waals surface area contributed by atoms with Gasteiger partial charge >= 0.3 is 0 Å². The fourth-order valence-corrected chi connectivity index (χ4v) is 5.54. The number of rotatable bonds is 28. The zero-order chi connectivity index (χ0) is 25.2. The molecule has 0 bridgehead atoms. The van der Waals surface area contributed by atoms with Crippen molar-refractivity contribution in [2.24, 2.45) is 11.1 Å². The molecule has 2 N–H and O–H groups in total. The van der Waals surface area contributed by atoms with Gasteiger partial charge in [0.2, 0.25) is 5.91 Å². The number of hydrogen-bond acceptors (Lipinski definition) is 1. The van der Waals surface area contributed by atoms with Crippen LogP contribution in [0.25, 0.3) is 0 Å². The Kier molecular flexibility index (Phi) is 25.2. The second-order valence-electron chi connectivity index (χ2n) is 11.3. The Morgan fingerprint density at radius 2 is 0.618 bits per heavy atom. The van der Waals surface area contributed by atoms with Gasteiger partial charge in [-0.1, -0.05) is 175 Å². The van der Waals surface area contributed by atoms with Crippen molar-refractivity contribution in [2.45, 2.75) is 194 Å². The average Bonchev–Trinajstić information content (AvgIpc) is 2.83. The second kappa shape index (κ2) is 25.6. The van der Waals surface area contributed by atoms with Gasteiger partial charge in [0.15, 0.2) is 0 Å². The highest BCUT2D eigenvalue weighted by Gasteiger charge is 2.34. The van der Waals surface area contributed by atoms with Crippen molar-refractivity contribution in [1.82, 2.24) is 0 Å². The van der Waals surface area contributed by atoms with Crippen molar-refractivity contribution in [1.29, 1.82) is 0 Å². The van der Waals surface area contributed by atoms with Crippen LogP contribution in [0, 0.1) is 5.41 Å². The third kappa shape index (κ3) is 19.7. The van der Waals surface area contributed by atoms with E-state index in [9.17, 15) is 4.79 Å². The zero-order valence-electron chi connectivity index (χ0n) is 24.1. The molecule has 2 heteroatoms. The number of amides is 1. The number of unbranched alkanes of at least 4 members (excludes halogenated alkanes) is 21. The van der Waals surface area contributed by atoms with Crippen molar-refractivity contribution in [3.05, 3.63) is 0 Å². The molecule has 0 atom stereocenters. The summed E-state index contributed by atoms with van der Waals surface area (Å²) in [6.45, 7) is 6.84. The fraction of sp³-hybridized carbons (Fsp3) is 0.969. The second-order valence-corrected chi connectivity index (χ2v) is 11.3. The van der Waals surface area contributed by atoms with Gasteiger partial charge in [-0.3, -0.25) is 4.79 Å². The summed E-state index contributed by atoms with van der Waals surface area (Å²) in [5, 5.41) is 0. The van der Waals surface area contributed by atoms with Crippen LogP contribution in [-0.4, -0.2) is 5.91 Å². The topological polar surface area (TPSA) is 43.1 Å². The molecule has 204 valence electrons.